The number of amides is 2. The number of para-hydroxylation sites is 1. The van der Waals surface area contributed by atoms with E-state index in [1.807, 2.05) is 0 Å². The molecule has 2 amide bonds. The summed E-state index contributed by atoms with van der Waals surface area (Å²) in [6, 6.07) is 6.71. The average Bonchev–Trinajstić information content (AvgIpc) is 2.39. The first-order chi connectivity index (χ1) is 9.48. The Bertz CT molecular complexity index is 481. The molecule has 0 bridgehead atoms. The van der Waals surface area contributed by atoms with Crippen LogP contribution in [0.4, 0.5) is 10.5 Å². The number of benzene rings is 1. The molecule has 3 N–H and O–H groups in total. The summed E-state index contributed by atoms with van der Waals surface area (Å²) in [5.41, 5.74) is -0.217. The summed E-state index contributed by atoms with van der Waals surface area (Å²) in [5, 5.41) is 16.4. The zero-order valence-electron chi connectivity index (χ0n) is 11.7. The van der Waals surface area contributed by atoms with E-state index in [-0.39, 0.29) is 12.6 Å². The van der Waals surface area contributed by atoms with Gasteiger partial charge in [0.1, 0.15) is 0 Å². The topological polar surface area (TPSA) is 61.4 Å². The molecule has 2 rings (SSSR count). The number of carbonyl (C=O) groups excluding carboxylic acids is 1. The van der Waals surface area contributed by atoms with Crippen LogP contribution in [0.1, 0.15) is 32.6 Å². The highest BCUT2D eigenvalue weighted by molar-refractivity contribution is 6.33. The van der Waals surface area contributed by atoms with Gasteiger partial charge in [0.05, 0.1) is 16.3 Å². The van der Waals surface area contributed by atoms with Gasteiger partial charge in [-0.05, 0) is 30.9 Å². The molecule has 5 heteroatoms. The molecule has 0 spiro atoms. The number of halogens is 1. The molecule has 0 aromatic heterocycles. The van der Waals surface area contributed by atoms with Crippen LogP contribution in [0.3, 0.4) is 0 Å². The van der Waals surface area contributed by atoms with Crippen molar-refractivity contribution in [2.45, 2.75) is 38.2 Å². The highest BCUT2D eigenvalue weighted by Gasteiger charge is 2.32. The summed E-state index contributed by atoms with van der Waals surface area (Å²) in [6.45, 7) is 2.40. The molecule has 2 atom stereocenters. The van der Waals surface area contributed by atoms with Crippen molar-refractivity contribution in [2.75, 3.05) is 11.9 Å². The Morgan fingerprint density at radius 3 is 2.95 bits per heavy atom. The molecule has 0 saturated heterocycles. The second kappa shape index (κ2) is 6.46. The SMILES string of the molecule is CC1CCCC(O)(CNC(=O)Nc2ccccc2Cl)C1. The lowest BCUT2D eigenvalue weighted by molar-refractivity contribution is -0.00920. The molecule has 20 heavy (non-hydrogen) atoms. The Balaban J connectivity index is 1.85. The molecular formula is C15H21ClN2O2. The van der Waals surface area contributed by atoms with Crippen LogP contribution in [0, 0.1) is 5.92 Å². The van der Waals surface area contributed by atoms with Crippen molar-refractivity contribution < 1.29 is 9.90 Å². The predicted octanol–water partition coefficient (Wildman–Crippen LogP) is 3.40. The van der Waals surface area contributed by atoms with Gasteiger partial charge in [0.2, 0.25) is 0 Å². The van der Waals surface area contributed by atoms with Gasteiger partial charge < -0.3 is 15.7 Å². The minimum Gasteiger partial charge on any atom is -0.388 e. The summed E-state index contributed by atoms with van der Waals surface area (Å²) in [6.07, 6.45) is 3.63. The average molecular weight is 297 g/mol. The lowest BCUT2D eigenvalue weighted by atomic mass is 9.79. The van der Waals surface area contributed by atoms with E-state index < -0.39 is 5.60 Å². The summed E-state index contributed by atoms with van der Waals surface area (Å²) < 4.78 is 0. The fraction of sp³-hybridized carbons (Fsp3) is 0.533. The normalized spacial score (nSPS) is 26.1. The van der Waals surface area contributed by atoms with E-state index in [0.29, 0.717) is 16.6 Å². The first kappa shape index (κ1) is 15.1. The minimum atomic E-state index is -0.782. The van der Waals surface area contributed by atoms with Gasteiger partial charge >= 0.3 is 6.03 Å². The van der Waals surface area contributed by atoms with Crippen LogP contribution < -0.4 is 10.6 Å². The Labute approximate surface area is 124 Å². The highest BCUT2D eigenvalue weighted by atomic mass is 35.5. The molecule has 1 aromatic rings. The van der Waals surface area contributed by atoms with E-state index in [1.54, 1.807) is 24.3 Å². The quantitative estimate of drug-likeness (QED) is 0.800. The molecule has 4 nitrogen and oxygen atoms in total. The number of hydrogen-bond acceptors (Lipinski definition) is 2. The van der Waals surface area contributed by atoms with Crippen LogP contribution in [0.25, 0.3) is 0 Å². The molecule has 1 saturated carbocycles. The summed E-state index contributed by atoms with van der Waals surface area (Å²) in [4.78, 5) is 11.8. The van der Waals surface area contributed by atoms with Crippen molar-refractivity contribution in [1.82, 2.24) is 5.32 Å². The second-order valence-corrected chi connectivity index (χ2v) is 6.12. The molecule has 2 unspecified atom stereocenters. The molecule has 1 aliphatic rings. The van der Waals surface area contributed by atoms with Crippen molar-refractivity contribution in [3.63, 3.8) is 0 Å². The van der Waals surface area contributed by atoms with E-state index in [4.69, 9.17) is 11.6 Å². The lowest BCUT2D eigenvalue weighted by Gasteiger charge is -2.35. The van der Waals surface area contributed by atoms with Crippen LogP contribution >= 0.6 is 11.6 Å². The zero-order valence-corrected chi connectivity index (χ0v) is 12.4. The van der Waals surface area contributed by atoms with Crippen LogP contribution in [0.15, 0.2) is 24.3 Å². The fourth-order valence-electron chi connectivity index (χ4n) is 2.77. The van der Waals surface area contributed by atoms with Gasteiger partial charge in [-0.15, -0.1) is 0 Å². The summed E-state index contributed by atoms with van der Waals surface area (Å²) >= 11 is 5.97. The van der Waals surface area contributed by atoms with Gasteiger partial charge in [0.25, 0.3) is 0 Å². The Hall–Kier alpha value is -1.26. The van der Waals surface area contributed by atoms with Crippen molar-refractivity contribution in [1.29, 1.82) is 0 Å². The van der Waals surface area contributed by atoms with Gasteiger partial charge in [-0.3, -0.25) is 0 Å². The maximum atomic E-state index is 11.8. The summed E-state index contributed by atoms with van der Waals surface area (Å²) in [7, 11) is 0. The molecule has 110 valence electrons. The van der Waals surface area contributed by atoms with Gasteiger partial charge in [0.15, 0.2) is 0 Å². The first-order valence-corrected chi connectivity index (χ1v) is 7.38. The maximum Gasteiger partial charge on any atom is 0.319 e. The molecular weight excluding hydrogens is 276 g/mol. The van der Waals surface area contributed by atoms with Gasteiger partial charge in [-0.25, -0.2) is 4.79 Å². The fourth-order valence-corrected chi connectivity index (χ4v) is 2.95. The largest absolute Gasteiger partial charge is 0.388 e. The highest BCUT2D eigenvalue weighted by Crippen LogP contribution is 2.31. The van der Waals surface area contributed by atoms with Crippen molar-refractivity contribution >= 4 is 23.3 Å². The van der Waals surface area contributed by atoms with E-state index in [9.17, 15) is 9.90 Å². The number of nitrogens with one attached hydrogen (secondary N) is 2. The number of carbonyl (C=O) groups is 1. The monoisotopic (exact) mass is 296 g/mol. The smallest absolute Gasteiger partial charge is 0.319 e. The van der Waals surface area contributed by atoms with Crippen LogP contribution in [-0.4, -0.2) is 23.3 Å². The van der Waals surface area contributed by atoms with Crippen molar-refractivity contribution in [3.8, 4) is 0 Å². The minimum absolute atomic E-state index is 0.271. The number of anilines is 1. The van der Waals surface area contributed by atoms with E-state index in [1.165, 1.54) is 0 Å². The van der Waals surface area contributed by atoms with Crippen molar-refractivity contribution in [3.05, 3.63) is 29.3 Å². The summed E-state index contributed by atoms with van der Waals surface area (Å²) in [5.74, 6) is 0.502. The molecule has 0 aliphatic heterocycles. The third-order valence-electron chi connectivity index (χ3n) is 3.77. The van der Waals surface area contributed by atoms with Gasteiger partial charge in [-0.1, -0.05) is 43.5 Å². The Morgan fingerprint density at radius 1 is 1.50 bits per heavy atom. The van der Waals surface area contributed by atoms with E-state index in [2.05, 4.69) is 17.6 Å². The van der Waals surface area contributed by atoms with Crippen LogP contribution in [-0.2, 0) is 0 Å². The standard InChI is InChI=1S/C15H21ClN2O2/c1-11-5-4-8-15(20,9-11)10-17-14(19)18-13-7-3-2-6-12(13)16/h2-3,6-7,11,20H,4-5,8-10H2,1H3,(H2,17,18,19). The van der Waals surface area contributed by atoms with E-state index in [0.717, 1.165) is 25.7 Å². The molecule has 1 fully saturated rings. The van der Waals surface area contributed by atoms with Gasteiger partial charge in [0, 0.05) is 6.54 Å². The van der Waals surface area contributed by atoms with Crippen LogP contribution in [0.5, 0.6) is 0 Å². The number of aliphatic hydroxyl groups is 1. The third kappa shape index (κ3) is 4.12. The first-order valence-electron chi connectivity index (χ1n) is 7.00. The lowest BCUT2D eigenvalue weighted by Crippen LogP contribution is -2.46. The van der Waals surface area contributed by atoms with Crippen LogP contribution in [0.2, 0.25) is 5.02 Å². The number of rotatable bonds is 3. The van der Waals surface area contributed by atoms with E-state index >= 15 is 0 Å². The molecule has 0 radical (unpaired) electrons. The molecule has 0 heterocycles. The maximum absolute atomic E-state index is 11.8. The zero-order chi connectivity index (χ0) is 14.6. The molecule has 1 aliphatic carbocycles. The second-order valence-electron chi connectivity index (χ2n) is 5.71. The number of urea groups is 1. The number of hydrogen-bond donors (Lipinski definition) is 3. The Kier molecular flexibility index (Phi) is 4.89. The van der Waals surface area contributed by atoms with Gasteiger partial charge in [-0.2, -0.15) is 0 Å². The third-order valence-corrected chi connectivity index (χ3v) is 4.10. The molecule has 1 aromatic carbocycles. The van der Waals surface area contributed by atoms with Crippen molar-refractivity contribution in [2.24, 2.45) is 5.92 Å². The Morgan fingerprint density at radius 2 is 2.25 bits per heavy atom. The predicted molar refractivity (Wildman–Crippen MR) is 81.1 cm³/mol.